The lowest BCUT2D eigenvalue weighted by molar-refractivity contribution is -0.136. The summed E-state index contributed by atoms with van der Waals surface area (Å²) >= 11 is 0. The normalized spacial score (nSPS) is 11.3. The molecule has 0 aliphatic heterocycles. The number of hydrogen-bond donors (Lipinski definition) is 2. The number of nitrogens with one attached hydrogen (secondary N) is 2. The van der Waals surface area contributed by atoms with Gasteiger partial charge in [-0.05, 0) is 42.0 Å². The highest BCUT2D eigenvalue weighted by Gasteiger charge is 2.33. The Bertz CT molecular complexity index is 966. The van der Waals surface area contributed by atoms with Gasteiger partial charge in [0.15, 0.2) is 0 Å². The Labute approximate surface area is 158 Å². The maximum absolute atomic E-state index is 13.3. The van der Waals surface area contributed by atoms with Crippen LogP contribution in [0.5, 0.6) is 0 Å². The molecule has 0 saturated carbocycles. The zero-order chi connectivity index (χ0) is 20.1. The van der Waals surface area contributed by atoms with Crippen molar-refractivity contribution >= 4 is 11.7 Å². The molecule has 0 spiro atoms. The highest BCUT2D eigenvalue weighted by Crippen LogP contribution is 2.34. The average molecular weight is 391 g/mol. The van der Waals surface area contributed by atoms with Crippen LogP contribution in [-0.2, 0) is 19.3 Å². The minimum atomic E-state index is -4.57. The lowest BCUT2D eigenvalue weighted by Gasteiger charge is -2.15. The first-order chi connectivity index (χ1) is 13.3. The maximum atomic E-state index is 13.3. The average Bonchev–Trinajstić information content (AvgIpc) is 3.06. The number of nitrogens with zero attached hydrogens (tertiary/aromatic N) is 1. The largest absolute Gasteiger partial charge is 0.418 e. The van der Waals surface area contributed by atoms with Crippen LogP contribution in [0.25, 0.3) is 0 Å². The molecule has 3 aromatic rings. The number of carbonyl (C=O) groups excluding carboxylic acids is 1. The minimum Gasteiger partial charge on any atom is -0.345 e. The van der Waals surface area contributed by atoms with Gasteiger partial charge in [-0.3, -0.25) is 0 Å². The van der Waals surface area contributed by atoms with Crippen LogP contribution in [0.4, 0.5) is 28.0 Å². The molecule has 0 aliphatic rings. The van der Waals surface area contributed by atoms with Crippen LogP contribution in [-0.4, -0.2) is 10.6 Å². The molecule has 3 rings (SSSR count). The first kappa shape index (κ1) is 19.5. The van der Waals surface area contributed by atoms with Crippen molar-refractivity contribution in [1.82, 2.24) is 9.88 Å². The maximum Gasteiger partial charge on any atom is 0.418 e. The number of para-hydroxylation sites is 1. The molecule has 1 heterocycles. The van der Waals surface area contributed by atoms with Gasteiger partial charge in [0, 0.05) is 18.4 Å². The molecule has 0 fully saturated rings. The molecule has 4 nitrogen and oxygen atoms in total. The Morgan fingerprint density at radius 2 is 1.79 bits per heavy atom. The molecule has 8 heteroatoms. The van der Waals surface area contributed by atoms with Gasteiger partial charge < -0.3 is 15.2 Å². The second kappa shape index (κ2) is 8.16. The van der Waals surface area contributed by atoms with Crippen LogP contribution in [0, 0.1) is 5.82 Å². The highest BCUT2D eigenvalue weighted by molar-refractivity contribution is 5.90. The van der Waals surface area contributed by atoms with Crippen LogP contribution in [0.15, 0.2) is 66.9 Å². The quantitative estimate of drug-likeness (QED) is 0.590. The Morgan fingerprint density at radius 3 is 2.54 bits per heavy atom. The monoisotopic (exact) mass is 391 g/mol. The molecule has 0 saturated heterocycles. The number of urea groups is 1. The number of halogens is 4. The van der Waals surface area contributed by atoms with Gasteiger partial charge in [-0.2, -0.15) is 13.2 Å². The number of benzene rings is 2. The van der Waals surface area contributed by atoms with E-state index in [2.05, 4.69) is 10.6 Å². The van der Waals surface area contributed by atoms with E-state index in [4.69, 9.17) is 0 Å². The number of rotatable bonds is 5. The van der Waals surface area contributed by atoms with Crippen LogP contribution >= 0.6 is 0 Å². The summed E-state index contributed by atoms with van der Waals surface area (Å²) in [5.74, 6) is -0.341. The first-order valence-corrected chi connectivity index (χ1v) is 8.42. The van der Waals surface area contributed by atoms with E-state index in [1.165, 1.54) is 30.3 Å². The Kier molecular flexibility index (Phi) is 5.67. The Morgan fingerprint density at radius 1 is 1.00 bits per heavy atom. The van der Waals surface area contributed by atoms with E-state index in [-0.39, 0.29) is 18.0 Å². The molecule has 146 valence electrons. The molecule has 2 amide bonds. The second-order valence-corrected chi connectivity index (χ2v) is 6.11. The third kappa shape index (κ3) is 4.91. The van der Waals surface area contributed by atoms with Gasteiger partial charge in [-0.1, -0.05) is 24.3 Å². The second-order valence-electron chi connectivity index (χ2n) is 6.11. The summed E-state index contributed by atoms with van der Waals surface area (Å²) in [6.45, 7) is 0.503. The van der Waals surface area contributed by atoms with E-state index in [1.807, 2.05) is 4.57 Å². The summed E-state index contributed by atoms with van der Waals surface area (Å²) in [5.41, 5.74) is 0.242. The molecule has 2 aromatic carbocycles. The number of anilines is 1. The standard InChI is InChI=1S/C20H17F4N3O/c21-15-6-3-5-14(11-15)13-27-10-4-7-16(27)12-25-19(28)26-18-9-2-1-8-17(18)20(22,23)24/h1-11H,12-13H2,(H2,25,26,28). The van der Waals surface area contributed by atoms with E-state index in [1.54, 1.807) is 30.5 Å². The van der Waals surface area contributed by atoms with Crippen molar-refractivity contribution in [2.24, 2.45) is 0 Å². The topological polar surface area (TPSA) is 46.1 Å². The van der Waals surface area contributed by atoms with E-state index in [0.717, 1.165) is 17.3 Å². The summed E-state index contributed by atoms with van der Waals surface area (Å²) in [6.07, 6.45) is -2.79. The fourth-order valence-corrected chi connectivity index (χ4v) is 2.77. The minimum absolute atomic E-state index is 0.0995. The number of carbonyl (C=O) groups is 1. The van der Waals surface area contributed by atoms with Crippen molar-refractivity contribution in [3.63, 3.8) is 0 Å². The smallest absolute Gasteiger partial charge is 0.345 e. The zero-order valence-electron chi connectivity index (χ0n) is 14.6. The van der Waals surface area contributed by atoms with Crippen molar-refractivity contribution in [2.75, 3.05) is 5.32 Å². The van der Waals surface area contributed by atoms with Gasteiger partial charge in [0.25, 0.3) is 0 Å². The molecule has 0 atom stereocenters. The van der Waals surface area contributed by atoms with Crippen molar-refractivity contribution < 1.29 is 22.4 Å². The van der Waals surface area contributed by atoms with Crippen molar-refractivity contribution in [3.05, 3.63) is 89.5 Å². The predicted octanol–water partition coefficient (Wildman–Crippen LogP) is 5.02. The van der Waals surface area contributed by atoms with Gasteiger partial charge >= 0.3 is 12.2 Å². The molecule has 0 aliphatic carbocycles. The molecular formula is C20H17F4N3O. The molecule has 2 N–H and O–H groups in total. The lowest BCUT2D eigenvalue weighted by Crippen LogP contribution is -2.30. The SMILES string of the molecule is O=C(NCc1cccn1Cc1cccc(F)c1)Nc1ccccc1C(F)(F)F. The number of alkyl halides is 3. The van der Waals surface area contributed by atoms with Crippen molar-refractivity contribution in [2.45, 2.75) is 19.3 Å². The van der Waals surface area contributed by atoms with Gasteiger partial charge in [0.1, 0.15) is 5.82 Å². The zero-order valence-corrected chi connectivity index (χ0v) is 14.6. The van der Waals surface area contributed by atoms with Crippen molar-refractivity contribution in [1.29, 1.82) is 0 Å². The summed E-state index contributed by atoms with van der Waals surface area (Å²) in [7, 11) is 0. The fourth-order valence-electron chi connectivity index (χ4n) is 2.77. The molecule has 0 unspecified atom stereocenters. The van der Waals surface area contributed by atoms with Crippen LogP contribution in [0.2, 0.25) is 0 Å². The van der Waals surface area contributed by atoms with Crippen LogP contribution in [0.1, 0.15) is 16.8 Å². The summed E-state index contributed by atoms with van der Waals surface area (Å²) in [4.78, 5) is 12.1. The molecular weight excluding hydrogens is 374 g/mol. The predicted molar refractivity (Wildman–Crippen MR) is 97.2 cm³/mol. The van der Waals surface area contributed by atoms with Crippen LogP contribution < -0.4 is 10.6 Å². The first-order valence-electron chi connectivity index (χ1n) is 8.42. The van der Waals surface area contributed by atoms with Crippen molar-refractivity contribution in [3.8, 4) is 0 Å². The number of hydrogen-bond acceptors (Lipinski definition) is 1. The number of aromatic nitrogens is 1. The molecule has 28 heavy (non-hydrogen) atoms. The summed E-state index contributed by atoms with van der Waals surface area (Å²) < 4.78 is 54.1. The van der Waals surface area contributed by atoms with E-state index in [0.29, 0.717) is 6.54 Å². The summed E-state index contributed by atoms with van der Waals surface area (Å²) in [5, 5.41) is 4.76. The third-order valence-electron chi connectivity index (χ3n) is 4.08. The van der Waals surface area contributed by atoms with Gasteiger partial charge in [0.05, 0.1) is 17.8 Å². The van der Waals surface area contributed by atoms with Gasteiger partial charge in [-0.15, -0.1) is 0 Å². The molecule has 1 aromatic heterocycles. The van der Waals surface area contributed by atoms with Crippen LogP contribution in [0.3, 0.4) is 0 Å². The Hall–Kier alpha value is -3.29. The Balaban J connectivity index is 1.63. The van der Waals surface area contributed by atoms with Gasteiger partial charge in [-0.25, -0.2) is 9.18 Å². The fraction of sp³-hybridized carbons (Fsp3) is 0.150. The number of amides is 2. The summed E-state index contributed by atoms with van der Waals surface area (Å²) in [6, 6.07) is 13.7. The lowest BCUT2D eigenvalue weighted by atomic mass is 10.1. The van der Waals surface area contributed by atoms with E-state index < -0.39 is 17.8 Å². The molecule has 0 radical (unpaired) electrons. The van der Waals surface area contributed by atoms with E-state index in [9.17, 15) is 22.4 Å². The molecule has 0 bridgehead atoms. The van der Waals surface area contributed by atoms with E-state index >= 15 is 0 Å². The van der Waals surface area contributed by atoms with Gasteiger partial charge in [0.2, 0.25) is 0 Å². The third-order valence-corrected chi connectivity index (χ3v) is 4.08. The highest BCUT2D eigenvalue weighted by atomic mass is 19.4.